The summed E-state index contributed by atoms with van der Waals surface area (Å²) in [5.41, 5.74) is 0.949. The van der Waals surface area contributed by atoms with Gasteiger partial charge in [-0.3, -0.25) is 14.5 Å². The SMILES string of the molecule is CN1C(=O)/C(=C\c2ccc(-c3ccc(Br)c(Cl)c3)o2)C(=O)N(c2ccccc2)C1=O. The van der Waals surface area contributed by atoms with Crippen molar-refractivity contribution in [1.82, 2.24) is 4.90 Å². The Kier molecular flexibility index (Phi) is 5.32. The highest BCUT2D eigenvalue weighted by molar-refractivity contribution is 9.10. The van der Waals surface area contributed by atoms with Crippen LogP contribution in [0.15, 0.2) is 75.1 Å². The van der Waals surface area contributed by atoms with Crippen molar-refractivity contribution in [2.75, 3.05) is 11.9 Å². The molecule has 4 rings (SSSR count). The molecule has 1 aliphatic heterocycles. The lowest BCUT2D eigenvalue weighted by atomic mass is 10.1. The Morgan fingerprint density at radius 1 is 0.967 bits per heavy atom. The number of urea groups is 1. The molecule has 0 bridgehead atoms. The van der Waals surface area contributed by atoms with Gasteiger partial charge in [-0.05, 0) is 58.4 Å². The second kappa shape index (κ2) is 7.93. The molecule has 0 N–H and O–H groups in total. The van der Waals surface area contributed by atoms with E-state index < -0.39 is 17.8 Å². The van der Waals surface area contributed by atoms with Gasteiger partial charge < -0.3 is 4.42 Å². The first-order chi connectivity index (χ1) is 14.4. The van der Waals surface area contributed by atoms with E-state index in [4.69, 9.17) is 16.0 Å². The first-order valence-electron chi connectivity index (χ1n) is 8.85. The van der Waals surface area contributed by atoms with Crippen molar-refractivity contribution in [3.63, 3.8) is 0 Å². The molecule has 8 heteroatoms. The Morgan fingerprint density at radius 2 is 1.70 bits per heavy atom. The quantitative estimate of drug-likeness (QED) is 0.369. The number of para-hydroxylation sites is 1. The summed E-state index contributed by atoms with van der Waals surface area (Å²) >= 11 is 9.47. The number of carbonyl (C=O) groups excluding carboxylic acids is 3. The highest BCUT2D eigenvalue weighted by Gasteiger charge is 2.41. The van der Waals surface area contributed by atoms with Gasteiger partial charge in [-0.25, -0.2) is 9.69 Å². The summed E-state index contributed by atoms with van der Waals surface area (Å²) in [7, 11) is 1.33. The van der Waals surface area contributed by atoms with Crippen LogP contribution >= 0.6 is 27.5 Å². The number of rotatable bonds is 3. The molecule has 6 nitrogen and oxygen atoms in total. The molecule has 30 heavy (non-hydrogen) atoms. The first kappa shape index (κ1) is 20.1. The third-order valence-corrected chi connectivity index (χ3v) is 5.81. The minimum atomic E-state index is -0.710. The number of hydrogen-bond donors (Lipinski definition) is 0. The van der Waals surface area contributed by atoms with Crippen molar-refractivity contribution < 1.29 is 18.8 Å². The molecule has 2 aromatic carbocycles. The van der Waals surface area contributed by atoms with Crippen LogP contribution < -0.4 is 4.90 Å². The molecule has 1 aliphatic rings. The molecule has 0 atom stereocenters. The molecule has 0 spiro atoms. The fourth-order valence-corrected chi connectivity index (χ4v) is 3.45. The number of hydrogen-bond acceptors (Lipinski definition) is 4. The van der Waals surface area contributed by atoms with Crippen LogP contribution in [0.25, 0.3) is 17.4 Å². The summed E-state index contributed by atoms with van der Waals surface area (Å²) in [6.07, 6.45) is 1.34. The number of amides is 4. The van der Waals surface area contributed by atoms with E-state index in [1.54, 1.807) is 54.6 Å². The van der Waals surface area contributed by atoms with Crippen LogP contribution in [0.1, 0.15) is 5.76 Å². The molecule has 0 radical (unpaired) electrons. The summed E-state index contributed by atoms with van der Waals surface area (Å²) in [4.78, 5) is 40.0. The second-order valence-electron chi connectivity index (χ2n) is 6.51. The molecule has 1 aromatic heterocycles. The fourth-order valence-electron chi connectivity index (χ4n) is 3.02. The number of benzene rings is 2. The van der Waals surface area contributed by atoms with Crippen molar-refractivity contribution in [2.24, 2.45) is 0 Å². The van der Waals surface area contributed by atoms with Crippen LogP contribution in [-0.2, 0) is 9.59 Å². The predicted octanol–water partition coefficient (Wildman–Crippen LogP) is 5.37. The largest absolute Gasteiger partial charge is 0.457 e. The molecule has 1 saturated heterocycles. The van der Waals surface area contributed by atoms with Gasteiger partial charge in [-0.15, -0.1) is 0 Å². The number of halogens is 2. The van der Waals surface area contributed by atoms with Gasteiger partial charge in [0.1, 0.15) is 17.1 Å². The lowest BCUT2D eigenvalue weighted by Crippen LogP contribution is -2.55. The van der Waals surface area contributed by atoms with E-state index in [0.717, 1.165) is 19.8 Å². The lowest BCUT2D eigenvalue weighted by molar-refractivity contribution is -0.128. The van der Waals surface area contributed by atoms with Crippen LogP contribution in [0.3, 0.4) is 0 Å². The van der Waals surface area contributed by atoms with Gasteiger partial charge >= 0.3 is 6.03 Å². The average molecular weight is 486 g/mol. The molecule has 0 aliphatic carbocycles. The van der Waals surface area contributed by atoms with Crippen LogP contribution in [0, 0.1) is 0 Å². The summed E-state index contributed by atoms with van der Waals surface area (Å²) in [5, 5.41) is 0.528. The monoisotopic (exact) mass is 484 g/mol. The molecular weight excluding hydrogens is 472 g/mol. The second-order valence-corrected chi connectivity index (χ2v) is 7.77. The van der Waals surface area contributed by atoms with Crippen LogP contribution in [0.4, 0.5) is 10.5 Å². The first-order valence-corrected chi connectivity index (χ1v) is 10.0. The minimum Gasteiger partial charge on any atom is -0.457 e. The Hall–Kier alpha value is -3.16. The Balaban J connectivity index is 1.71. The van der Waals surface area contributed by atoms with Gasteiger partial charge in [0.15, 0.2) is 0 Å². The number of carbonyl (C=O) groups is 3. The van der Waals surface area contributed by atoms with E-state index >= 15 is 0 Å². The maximum Gasteiger partial charge on any atom is 0.338 e. The van der Waals surface area contributed by atoms with Crippen molar-refractivity contribution in [3.05, 3.63) is 81.5 Å². The topological polar surface area (TPSA) is 70.8 Å². The molecular formula is C22H14BrClN2O4. The van der Waals surface area contributed by atoms with Gasteiger partial charge in [0.2, 0.25) is 0 Å². The maximum absolute atomic E-state index is 13.0. The normalized spacial score (nSPS) is 16.0. The Morgan fingerprint density at radius 3 is 2.40 bits per heavy atom. The summed E-state index contributed by atoms with van der Waals surface area (Å²) < 4.78 is 6.55. The lowest BCUT2D eigenvalue weighted by Gasteiger charge is -2.31. The third kappa shape index (κ3) is 3.58. The zero-order valence-electron chi connectivity index (χ0n) is 15.6. The average Bonchev–Trinajstić information content (AvgIpc) is 3.21. The van der Waals surface area contributed by atoms with Crippen molar-refractivity contribution >= 4 is 57.1 Å². The molecule has 150 valence electrons. The fraction of sp³-hybridized carbons (Fsp3) is 0.0455. The highest BCUT2D eigenvalue weighted by atomic mass is 79.9. The van der Waals surface area contributed by atoms with E-state index in [2.05, 4.69) is 15.9 Å². The number of anilines is 1. The number of furan rings is 1. The van der Waals surface area contributed by atoms with Gasteiger partial charge in [0.05, 0.1) is 10.7 Å². The molecule has 3 aromatic rings. The third-order valence-electron chi connectivity index (χ3n) is 4.58. The molecule has 2 heterocycles. The summed E-state index contributed by atoms with van der Waals surface area (Å²) in [6, 6.07) is 16.4. The van der Waals surface area contributed by atoms with E-state index in [1.165, 1.54) is 13.1 Å². The van der Waals surface area contributed by atoms with E-state index in [9.17, 15) is 14.4 Å². The van der Waals surface area contributed by atoms with E-state index in [1.807, 2.05) is 6.07 Å². The summed E-state index contributed by atoms with van der Waals surface area (Å²) in [6.45, 7) is 0. The maximum atomic E-state index is 13.0. The number of imide groups is 2. The van der Waals surface area contributed by atoms with Crippen molar-refractivity contribution in [1.29, 1.82) is 0 Å². The zero-order valence-corrected chi connectivity index (χ0v) is 18.0. The Labute approximate surface area is 185 Å². The zero-order chi connectivity index (χ0) is 21.4. The van der Waals surface area contributed by atoms with Crippen LogP contribution in [0.2, 0.25) is 5.02 Å². The highest BCUT2D eigenvalue weighted by Crippen LogP contribution is 2.31. The van der Waals surface area contributed by atoms with Crippen molar-refractivity contribution in [3.8, 4) is 11.3 Å². The van der Waals surface area contributed by atoms with Crippen LogP contribution in [-0.4, -0.2) is 29.8 Å². The predicted molar refractivity (Wildman–Crippen MR) is 117 cm³/mol. The number of likely N-dealkylation sites (N-methyl/N-ethyl adjacent to an activating group) is 1. The number of barbiturate groups is 1. The molecule has 0 unspecified atom stereocenters. The molecule has 4 amide bonds. The molecule has 1 fully saturated rings. The van der Waals surface area contributed by atoms with Crippen LogP contribution in [0.5, 0.6) is 0 Å². The van der Waals surface area contributed by atoms with Gasteiger partial charge in [0, 0.05) is 17.1 Å². The van der Waals surface area contributed by atoms with Gasteiger partial charge in [-0.1, -0.05) is 35.9 Å². The van der Waals surface area contributed by atoms with Crippen molar-refractivity contribution in [2.45, 2.75) is 0 Å². The van der Waals surface area contributed by atoms with E-state index in [-0.39, 0.29) is 5.57 Å². The smallest absolute Gasteiger partial charge is 0.338 e. The van der Waals surface area contributed by atoms with Gasteiger partial charge in [-0.2, -0.15) is 0 Å². The molecule has 0 saturated carbocycles. The Bertz CT molecular complexity index is 1200. The van der Waals surface area contributed by atoms with E-state index in [0.29, 0.717) is 22.2 Å². The van der Waals surface area contributed by atoms with Gasteiger partial charge in [0.25, 0.3) is 11.8 Å². The standard InChI is InChI=1S/C22H14BrClN2O4/c1-25-20(27)16(21(28)26(22(25)29)14-5-3-2-4-6-14)12-15-8-10-19(30-15)13-7-9-17(23)18(24)11-13/h2-12H,1H3/b16-12+. The minimum absolute atomic E-state index is 0.171. The summed E-state index contributed by atoms with van der Waals surface area (Å²) in [5.74, 6) is -0.575. The number of nitrogens with zero attached hydrogens (tertiary/aromatic N) is 2.